The Labute approximate surface area is 101 Å². The van der Waals surface area contributed by atoms with E-state index in [0.717, 1.165) is 6.42 Å². The zero-order chi connectivity index (χ0) is 12.8. The number of halogens is 1. The molecular weight excluding hydrogens is 225 g/mol. The number of hydrogen-bond acceptors (Lipinski definition) is 3. The standard InChI is InChI=1S/C12H20FNO3/c1-12(2,3)17-11(16)14-7-4-5-8(14)10(13)9(15)6-7/h7-10,15H,4-6H2,1-3H3/t7-,8-,9+,10-/m0/s1. The normalized spacial score (nSPS) is 37.1. The van der Waals surface area contributed by atoms with Gasteiger partial charge in [-0.05, 0) is 40.0 Å². The lowest BCUT2D eigenvalue weighted by Gasteiger charge is -2.39. The number of alkyl halides is 1. The van der Waals surface area contributed by atoms with Crippen LogP contribution in [-0.4, -0.2) is 46.1 Å². The summed E-state index contributed by atoms with van der Waals surface area (Å²) >= 11 is 0. The number of ether oxygens (including phenoxy) is 1. The Kier molecular flexibility index (Phi) is 3.06. The number of aliphatic hydroxyl groups is 1. The van der Waals surface area contributed by atoms with Gasteiger partial charge in [0.1, 0.15) is 11.8 Å². The summed E-state index contributed by atoms with van der Waals surface area (Å²) < 4.78 is 19.1. The third-order valence-corrected chi connectivity index (χ3v) is 3.40. The highest BCUT2D eigenvalue weighted by molar-refractivity contribution is 5.69. The number of carbonyl (C=O) groups is 1. The van der Waals surface area contributed by atoms with Crippen LogP contribution in [0.3, 0.4) is 0 Å². The van der Waals surface area contributed by atoms with E-state index in [1.54, 1.807) is 20.8 Å². The van der Waals surface area contributed by atoms with Gasteiger partial charge in [-0.2, -0.15) is 0 Å². The molecule has 0 spiro atoms. The molecule has 2 aliphatic rings. The minimum Gasteiger partial charge on any atom is -0.444 e. The van der Waals surface area contributed by atoms with Crippen LogP contribution in [0.15, 0.2) is 0 Å². The molecule has 1 N–H and O–H groups in total. The molecule has 1 amide bonds. The topological polar surface area (TPSA) is 49.8 Å². The Balaban J connectivity index is 2.10. The molecule has 0 aromatic carbocycles. The van der Waals surface area contributed by atoms with Crippen LogP contribution in [-0.2, 0) is 4.74 Å². The Morgan fingerprint density at radius 1 is 1.41 bits per heavy atom. The van der Waals surface area contributed by atoms with Gasteiger partial charge < -0.3 is 9.84 Å². The van der Waals surface area contributed by atoms with E-state index in [2.05, 4.69) is 0 Å². The first-order valence-electron chi connectivity index (χ1n) is 6.13. The molecule has 0 radical (unpaired) electrons. The zero-order valence-corrected chi connectivity index (χ0v) is 10.5. The predicted molar refractivity (Wildman–Crippen MR) is 60.4 cm³/mol. The van der Waals surface area contributed by atoms with Crippen molar-refractivity contribution in [1.29, 1.82) is 0 Å². The second-order valence-corrected chi connectivity index (χ2v) is 5.93. The van der Waals surface area contributed by atoms with Gasteiger partial charge in [-0.25, -0.2) is 9.18 Å². The fraction of sp³-hybridized carbons (Fsp3) is 0.917. The Morgan fingerprint density at radius 3 is 2.65 bits per heavy atom. The van der Waals surface area contributed by atoms with E-state index >= 15 is 0 Å². The van der Waals surface area contributed by atoms with Crippen molar-refractivity contribution in [3.63, 3.8) is 0 Å². The van der Waals surface area contributed by atoms with E-state index in [4.69, 9.17) is 4.74 Å². The van der Waals surface area contributed by atoms with Crippen LogP contribution < -0.4 is 0 Å². The van der Waals surface area contributed by atoms with Gasteiger partial charge >= 0.3 is 6.09 Å². The molecule has 2 fully saturated rings. The highest BCUT2D eigenvalue weighted by atomic mass is 19.1. The van der Waals surface area contributed by atoms with Crippen molar-refractivity contribution < 1.29 is 19.0 Å². The second kappa shape index (κ2) is 4.12. The molecule has 4 atom stereocenters. The second-order valence-electron chi connectivity index (χ2n) is 5.93. The first kappa shape index (κ1) is 12.6. The van der Waals surface area contributed by atoms with Crippen LogP contribution >= 0.6 is 0 Å². The molecule has 0 aromatic heterocycles. The largest absolute Gasteiger partial charge is 0.444 e. The van der Waals surface area contributed by atoms with Crippen LogP contribution in [0.4, 0.5) is 9.18 Å². The van der Waals surface area contributed by atoms with Crippen molar-refractivity contribution in [3.8, 4) is 0 Å². The van der Waals surface area contributed by atoms with E-state index in [1.807, 2.05) is 0 Å². The van der Waals surface area contributed by atoms with Gasteiger partial charge in [0.15, 0.2) is 0 Å². The first-order valence-corrected chi connectivity index (χ1v) is 6.13. The molecule has 0 aromatic rings. The van der Waals surface area contributed by atoms with Gasteiger partial charge in [-0.15, -0.1) is 0 Å². The van der Waals surface area contributed by atoms with Crippen molar-refractivity contribution in [3.05, 3.63) is 0 Å². The Bertz CT molecular complexity index is 315. The third-order valence-electron chi connectivity index (χ3n) is 3.40. The predicted octanol–water partition coefficient (Wildman–Crippen LogP) is 1.86. The fourth-order valence-corrected chi connectivity index (χ4v) is 2.72. The lowest BCUT2D eigenvalue weighted by molar-refractivity contribution is -0.0478. The van der Waals surface area contributed by atoms with Crippen LogP contribution in [0.2, 0.25) is 0 Å². The van der Waals surface area contributed by atoms with Gasteiger partial charge in [0.2, 0.25) is 0 Å². The monoisotopic (exact) mass is 245 g/mol. The summed E-state index contributed by atoms with van der Waals surface area (Å²) in [4.78, 5) is 13.5. The van der Waals surface area contributed by atoms with Gasteiger partial charge in [-0.1, -0.05) is 0 Å². The number of amides is 1. The summed E-state index contributed by atoms with van der Waals surface area (Å²) in [5.41, 5.74) is -0.571. The number of nitrogens with zero attached hydrogens (tertiary/aromatic N) is 1. The van der Waals surface area contributed by atoms with Crippen LogP contribution in [0.25, 0.3) is 0 Å². The number of rotatable bonds is 0. The highest BCUT2D eigenvalue weighted by Gasteiger charge is 2.50. The Morgan fingerprint density at radius 2 is 2.06 bits per heavy atom. The third kappa shape index (κ3) is 2.39. The molecule has 0 saturated carbocycles. The van der Waals surface area contributed by atoms with Gasteiger partial charge in [0, 0.05) is 6.04 Å². The Hall–Kier alpha value is -0.840. The van der Waals surface area contributed by atoms with E-state index in [9.17, 15) is 14.3 Å². The van der Waals surface area contributed by atoms with Crippen molar-refractivity contribution in [2.24, 2.45) is 0 Å². The van der Waals surface area contributed by atoms with E-state index in [1.165, 1.54) is 4.90 Å². The molecule has 17 heavy (non-hydrogen) atoms. The summed E-state index contributed by atoms with van der Waals surface area (Å²) in [6.45, 7) is 5.37. The zero-order valence-electron chi connectivity index (χ0n) is 10.5. The molecular formula is C12H20FNO3. The van der Waals surface area contributed by atoms with Crippen molar-refractivity contribution in [1.82, 2.24) is 4.90 Å². The van der Waals surface area contributed by atoms with Crippen LogP contribution in [0.5, 0.6) is 0 Å². The molecule has 0 unspecified atom stereocenters. The lowest BCUT2D eigenvalue weighted by Crippen LogP contribution is -2.55. The summed E-state index contributed by atoms with van der Waals surface area (Å²) in [5, 5.41) is 9.54. The minimum absolute atomic E-state index is 0.0724. The maximum Gasteiger partial charge on any atom is 0.410 e. The molecule has 2 saturated heterocycles. The molecule has 2 bridgehead atoms. The number of fused-ring (bicyclic) bond motifs is 2. The maximum atomic E-state index is 13.8. The molecule has 2 aliphatic heterocycles. The smallest absolute Gasteiger partial charge is 0.410 e. The average molecular weight is 245 g/mol. The molecule has 5 heteroatoms. The van der Waals surface area contributed by atoms with E-state index in [-0.39, 0.29) is 6.04 Å². The van der Waals surface area contributed by atoms with E-state index < -0.39 is 30.0 Å². The SMILES string of the molecule is CC(C)(C)OC(=O)N1[C@H]2CC[C@H]1[C@H](F)[C@H](O)C2. The number of carbonyl (C=O) groups excluding carboxylic acids is 1. The minimum atomic E-state index is -1.35. The fourth-order valence-electron chi connectivity index (χ4n) is 2.72. The molecule has 98 valence electrons. The van der Waals surface area contributed by atoms with Crippen molar-refractivity contribution in [2.75, 3.05) is 0 Å². The molecule has 4 nitrogen and oxygen atoms in total. The molecule has 2 rings (SSSR count). The summed E-state index contributed by atoms with van der Waals surface area (Å²) in [6, 6.07) is -0.588. The summed E-state index contributed by atoms with van der Waals surface area (Å²) in [6.07, 6.45) is -1.06. The van der Waals surface area contributed by atoms with Gasteiger partial charge in [-0.3, -0.25) is 4.90 Å². The lowest BCUT2D eigenvalue weighted by atomic mass is 9.98. The van der Waals surface area contributed by atoms with Crippen LogP contribution in [0.1, 0.15) is 40.0 Å². The number of hydrogen-bond donors (Lipinski definition) is 1. The maximum absolute atomic E-state index is 13.8. The van der Waals surface area contributed by atoms with Crippen molar-refractivity contribution >= 4 is 6.09 Å². The van der Waals surface area contributed by atoms with E-state index in [0.29, 0.717) is 12.8 Å². The summed E-state index contributed by atoms with van der Waals surface area (Å²) in [7, 11) is 0. The highest BCUT2D eigenvalue weighted by Crippen LogP contribution is 2.38. The average Bonchev–Trinajstić information content (AvgIpc) is 2.51. The first-order chi connectivity index (χ1) is 7.79. The number of piperidine rings is 1. The van der Waals surface area contributed by atoms with Crippen LogP contribution in [0, 0.1) is 0 Å². The molecule has 2 heterocycles. The van der Waals surface area contributed by atoms with Crippen molar-refractivity contribution in [2.45, 2.75) is 70.0 Å². The summed E-state index contributed by atoms with van der Waals surface area (Å²) in [5.74, 6) is 0. The van der Waals surface area contributed by atoms with Gasteiger partial charge in [0.25, 0.3) is 0 Å². The molecule has 0 aliphatic carbocycles. The van der Waals surface area contributed by atoms with Gasteiger partial charge in [0.05, 0.1) is 12.1 Å². The quantitative estimate of drug-likeness (QED) is 0.708. The number of aliphatic hydroxyl groups excluding tert-OH is 1.